The van der Waals surface area contributed by atoms with Gasteiger partial charge in [-0.05, 0) is 37.0 Å². The van der Waals surface area contributed by atoms with Crippen LogP contribution in [0.25, 0.3) is 0 Å². The maximum Gasteiger partial charge on any atom is 0.125 e. The summed E-state index contributed by atoms with van der Waals surface area (Å²) in [7, 11) is 0. The lowest BCUT2D eigenvalue weighted by Crippen LogP contribution is -2.39. The lowest BCUT2D eigenvalue weighted by molar-refractivity contribution is 0.270. The van der Waals surface area contributed by atoms with E-state index in [1.54, 1.807) is 12.1 Å². The van der Waals surface area contributed by atoms with Crippen molar-refractivity contribution in [1.82, 2.24) is 5.32 Å². The lowest BCUT2D eigenvalue weighted by atomic mass is 9.85. The zero-order chi connectivity index (χ0) is 13.8. The summed E-state index contributed by atoms with van der Waals surface area (Å²) in [5.41, 5.74) is 0.563. The molecule has 1 aromatic carbocycles. The van der Waals surface area contributed by atoms with Gasteiger partial charge in [0, 0.05) is 16.6 Å². The number of nitriles is 1. The molecule has 0 aliphatic heterocycles. The van der Waals surface area contributed by atoms with Crippen LogP contribution in [0.1, 0.15) is 44.2 Å². The maximum absolute atomic E-state index is 9.88. The summed E-state index contributed by atoms with van der Waals surface area (Å²) >= 11 is 5.94. The Kier molecular flexibility index (Phi) is 4.68. The predicted octanol–water partition coefficient (Wildman–Crippen LogP) is 3.78. The second-order valence-corrected chi connectivity index (χ2v) is 5.74. The van der Waals surface area contributed by atoms with Crippen molar-refractivity contribution in [2.24, 2.45) is 5.92 Å². The number of nitrogens with one attached hydrogen (secondary N) is 1. The first-order chi connectivity index (χ1) is 9.11. The SMILES string of the molecule is CC1CCCCC1NC(C#N)c1cc(Cl)ccc1O. The molecule has 0 radical (unpaired) electrons. The Morgan fingerprint density at radius 2 is 2.16 bits per heavy atom. The number of hydrogen-bond donors (Lipinski definition) is 2. The molecule has 0 spiro atoms. The largest absolute Gasteiger partial charge is 0.508 e. The van der Waals surface area contributed by atoms with Crippen molar-refractivity contribution >= 4 is 11.6 Å². The van der Waals surface area contributed by atoms with Crippen LogP contribution >= 0.6 is 11.6 Å². The summed E-state index contributed by atoms with van der Waals surface area (Å²) in [6, 6.07) is 6.86. The van der Waals surface area contributed by atoms with Crippen LogP contribution in [0.3, 0.4) is 0 Å². The fraction of sp³-hybridized carbons (Fsp3) is 0.533. The van der Waals surface area contributed by atoms with Gasteiger partial charge in [0.2, 0.25) is 0 Å². The first kappa shape index (κ1) is 14.2. The predicted molar refractivity (Wildman–Crippen MR) is 76.0 cm³/mol. The second kappa shape index (κ2) is 6.27. The van der Waals surface area contributed by atoms with E-state index < -0.39 is 6.04 Å². The summed E-state index contributed by atoms with van der Waals surface area (Å²) in [5, 5.41) is 23.1. The smallest absolute Gasteiger partial charge is 0.125 e. The van der Waals surface area contributed by atoms with Gasteiger partial charge in [-0.25, -0.2) is 0 Å². The molecule has 0 bridgehead atoms. The molecule has 1 aliphatic rings. The number of nitrogens with zero attached hydrogens (tertiary/aromatic N) is 1. The van der Waals surface area contributed by atoms with Crippen LogP contribution in [0.2, 0.25) is 5.02 Å². The zero-order valence-corrected chi connectivity index (χ0v) is 11.8. The summed E-state index contributed by atoms with van der Waals surface area (Å²) < 4.78 is 0. The van der Waals surface area contributed by atoms with Crippen molar-refractivity contribution in [3.63, 3.8) is 0 Å². The van der Waals surface area contributed by atoms with Crippen LogP contribution in [-0.4, -0.2) is 11.1 Å². The highest BCUT2D eigenvalue weighted by molar-refractivity contribution is 6.30. The molecule has 1 aromatic rings. The molecule has 4 heteroatoms. The average molecular weight is 279 g/mol. The molecule has 0 amide bonds. The molecule has 1 aliphatic carbocycles. The molecule has 2 N–H and O–H groups in total. The van der Waals surface area contributed by atoms with Crippen LogP contribution in [0, 0.1) is 17.2 Å². The Labute approximate surface area is 119 Å². The molecule has 0 heterocycles. The van der Waals surface area contributed by atoms with Crippen molar-refractivity contribution in [1.29, 1.82) is 5.26 Å². The number of phenols is 1. The van der Waals surface area contributed by atoms with Crippen LogP contribution in [0.4, 0.5) is 0 Å². The molecule has 0 aromatic heterocycles. The molecule has 19 heavy (non-hydrogen) atoms. The van der Waals surface area contributed by atoms with E-state index in [2.05, 4.69) is 18.3 Å². The van der Waals surface area contributed by atoms with E-state index in [9.17, 15) is 10.4 Å². The van der Waals surface area contributed by atoms with Crippen LogP contribution in [0.5, 0.6) is 5.75 Å². The summed E-state index contributed by atoms with van der Waals surface area (Å²) in [6.07, 6.45) is 4.73. The third-order valence-electron chi connectivity index (χ3n) is 3.92. The minimum atomic E-state index is -0.510. The minimum absolute atomic E-state index is 0.118. The zero-order valence-electron chi connectivity index (χ0n) is 11.1. The van der Waals surface area contributed by atoms with Gasteiger partial charge in [-0.1, -0.05) is 31.4 Å². The number of hydrogen-bond acceptors (Lipinski definition) is 3. The standard InChI is InChI=1S/C15H19ClN2O/c1-10-4-2-3-5-13(10)18-14(9-17)12-8-11(16)6-7-15(12)19/h6-8,10,13-14,18-19H,2-5H2,1H3. The van der Waals surface area contributed by atoms with E-state index in [-0.39, 0.29) is 5.75 Å². The number of rotatable bonds is 3. The molecule has 1 saturated carbocycles. The topological polar surface area (TPSA) is 56.0 Å². The fourth-order valence-electron chi connectivity index (χ4n) is 2.73. The first-order valence-corrected chi connectivity index (χ1v) is 7.13. The van der Waals surface area contributed by atoms with E-state index in [0.29, 0.717) is 22.5 Å². The van der Waals surface area contributed by atoms with Gasteiger partial charge in [-0.15, -0.1) is 0 Å². The van der Waals surface area contributed by atoms with Crippen molar-refractivity contribution in [3.8, 4) is 11.8 Å². The molecule has 0 saturated heterocycles. The van der Waals surface area contributed by atoms with E-state index in [1.807, 2.05) is 0 Å². The van der Waals surface area contributed by atoms with Gasteiger partial charge >= 0.3 is 0 Å². The Hall–Kier alpha value is -1.24. The van der Waals surface area contributed by atoms with Crippen molar-refractivity contribution < 1.29 is 5.11 Å². The van der Waals surface area contributed by atoms with Gasteiger partial charge in [-0.2, -0.15) is 5.26 Å². The number of aromatic hydroxyl groups is 1. The normalized spacial score (nSPS) is 24.7. The monoisotopic (exact) mass is 278 g/mol. The van der Waals surface area contributed by atoms with E-state index >= 15 is 0 Å². The quantitative estimate of drug-likeness (QED) is 0.885. The Morgan fingerprint density at radius 3 is 2.84 bits per heavy atom. The van der Waals surface area contributed by atoms with Crippen LogP contribution in [-0.2, 0) is 0 Å². The molecule has 2 rings (SSSR count). The van der Waals surface area contributed by atoms with Gasteiger partial charge in [0.25, 0.3) is 0 Å². The van der Waals surface area contributed by atoms with Crippen LogP contribution < -0.4 is 5.32 Å². The van der Waals surface area contributed by atoms with Gasteiger partial charge < -0.3 is 5.11 Å². The van der Waals surface area contributed by atoms with Crippen molar-refractivity contribution in [3.05, 3.63) is 28.8 Å². The van der Waals surface area contributed by atoms with Gasteiger partial charge in [0.1, 0.15) is 11.8 Å². The molecule has 3 unspecified atom stereocenters. The van der Waals surface area contributed by atoms with Crippen molar-refractivity contribution in [2.75, 3.05) is 0 Å². The minimum Gasteiger partial charge on any atom is -0.508 e. The Bertz CT molecular complexity index is 484. The molecule has 102 valence electrons. The Morgan fingerprint density at radius 1 is 1.42 bits per heavy atom. The third kappa shape index (κ3) is 3.40. The fourth-order valence-corrected chi connectivity index (χ4v) is 2.91. The van der Waals surface area contributed by atoms with Gasteiger partial charge in [0.15, 0.2) is 0 Å². The van der Waals surface area contributed by atoms with Crippen molar-refractivity contribution in [2.45, 2.75) is 44.7 Å². The Balaban J connectivity index is 2.16. The molecule has 3 nitrogen and oxygen atoms in total. The summed E-state index contributed by atoms with van der Waals surface area (Å²) in [5.74, 6) is 0.679. The second-order valence-electron chi connectivity index (χ2n) is 5.30. The highest BCUT2D eigenvalue weighted by Gasteiger charge is 2.25. The van der Waals surface area contributed by atoms with E-state index in [4.69, 9.17) is 11.6 Å². The molecule has 1 fully saturated rings. The number of halogens is 1. The van der Waals surface area contributed by atoms with Gasteiger partial charge in [-0.3, -0.25) is 5.32 Å². The number of benzene rings is 1. The lowest BCUT2D eigenvalue weighted by Gasteiger charge is -2.31. The highest BCUT2D eigenvalue weighted by Crippen LogP contribution is 2.30. The number of phenolic OH excluding ortho intramolecular Hbond substituents is 1. The van der Waals surface area contributed by atoms with Gasteiger partial charge in [0.05, 0.1) is 6.07 Å². The highest BCUT2D eigenvalue weighted by atomic mass is 35.5. The molecular formula is C15H19ClN2O. The van der Waals surface area contributed by atoms with Crippen LogP contribution in [0.15, 0.2) is 18.2 Å². The van der Waals surface area contributed by atoms with E-state index in [0.717, 1.165) is 6.42 Å². The third-order valence-corrected chi connectivity index (χ3v) is 4.16. The summed E-state index contributed by atoms with van der Waals surface area (Å²) in [6.45, 7) is 2.21. The first-order valence-electron chi connectivity index (χ1n) is 6.76. The molecule has 3 atom stereocenters. The maximum atomic E-state index is 9.88. The van der Waals surface area contributed by atoms with E-state index in [1.165, 1.54) is 25.3 Å². The summed E-state index contributed by atoms with van der Waals surface area (Å²) in [4.78, 5) is 0. The average Bonchev–Trinajstić information content (AvgIpc) is 2.41. The molecular weight excluding hydrogens is 260 g/mol.